The molecule has 4 heteroatoms. The highest BCUT2D eigenvalue weighted by atomic mass is 35.5. The fourth-order valence-corrected chi connectivity index (χ4v) is 1.72. The normalized spacial score (nSPS) is 15.6. The van der Waals surface area contributed by atoms with Crippen LogP contribution >= 0.6 is 11.6 Å². The van der Waals surface area contributed by atoms with Crippen LogP contribution in [0.4, 0.5) is 5.69 Å². The van der Waals surface area contributed by atoms with Crippen molar-refractivity contribution in [1.82, 2.24) is 0 Å². The maximum atomic E-state index is 11.7. The second kappa shape index (κ2) is 4.10. The van der Waals surface area contributed by atoms with E-state index >= 15 is 0 Å². The minimum atomic E-state index is -0.490. The number of allylic oxidation sites excluding steroid dienone is 1. The molecule has 3 nitrogen and oxygen atoms in total. The van der Waals surface area contributed by atoms with Gasteiger partial charge in [0.15, 0.2) is 0 Å². The van der Waals surface area contributed by atoms with Crippen LogP contribution in [0.25, 0.3) is 0 Å². The van der Waals surface area contributed by atoms with Crippen molar-refractivity contribution in [2.75, 3.05) is 11.4 Å². The van der Waals surface area contributed by atoms with E-state index in [1.807, 2.05) is 0 Å². The lowest BCUT2D eigenvalue weighted by molar-refractivity contribution is -0.114. The van der Waals surface area contributed by atoms with Crippen LogP contribution in [0.15, 0.2) is 35.4 Å². The van der Waals surface area contributed by atoms with E-state index in [2.05, 4.69) is 0 Å². The van der Waals surface area contributed by atoms with Gasteiger partial charge in [-0.2, -0.15) is 0 Å². The number of halogens is 1. The summed E-state index contributed by atoms with van der Waals surface area (Å²) in [6.45, 7) is 2.06. The maximum Gasteiger partial charge on any atom is 0.299 e. The van der Waals surface area contributed by atoms with Gasteiger partial charge in [0, 0.05) is 11.6 Å². The van der Waals surface area contributed by atoms with Crippen LogP contribution in [0.5, 0.6) is 0 Å². The van der Waals surface area contributed by atoms with Crippen LogP contribution < -0.4 is 4.90 Å². The average Bonchev–Trinajstić information content (AvgIpc) is 2.50. The Morgan fingerprint density at radius 2 is 2.06 bits per heavy atom. The number of ketones is 1. The number of rotatable bonds is 2. The molecule has 82 valence electrons. The largest absolute Gasteiger partial charge is 0.301 e. The Morgan fingerprint density at radius 3 is 2.75 bits per heavy atom. The predicted octanol–water partition coefficient (Wildman–Crippen LogP) is 2.36. The third kappa shape index (κ3) is 1.74. The molecule has 0 saturated heterocycles. The molecule has 0 aliphatic carbocycles. The number of nitrogens with zero attached hydrogens (tertiary/aromatic N) is 1. The molecule has 1 aromatic rings. The molecule has 0 aromatic heterocycles. The third-order valence-electron chi connectivity index (χ3n) is 2.43. The summed E-state index contributed by atoms with van der Waals surface area (Å²) in [6, 6.07) is 6.97. The zero-order valence-electron chi connectivity index (χ0n) is 8.74. The molecule has 16 heavy (non-hydrogen) atoms. The number of amides is 1. The van der Waals surface area contributed by atoms with E-state index in [4.69, 9.17) is 11.6 Å². The van der Waals surface area contributed by atoms with Gasteiger partial charge in [-0.05, 0) is 19.1 Å². The molecule has 0 unspecified atom stereocenters. The molecule has 0 atom stereocenters. The molecule has 1 amide bonds. The highest BCUT2D eigenvalue weighted by Gasteiger charge is 2.34. The summed E-state index contributed by atoms with van der Waals surface area (Å²) in [5.41, 5.74) is 1.12. The van der Waals surface area contributed by atoms with Crippen LogP contribution in [0, 0.1) is 0 Å². The Morgan fingerprint density at radius 1 is 1.38 bits per heavy atom. The van der Waals surface area contributed by atoms with Crippen molar-refractivity contribution in [3.05, 3.63) is 40.9 Å². The topological polar surface area (TPSA) is 37.4 Å². The lowest BCUT2D eigenvalue weighted by Gasteiger charge is -2.13. The first-order valence-corrected chi connectivity index (χ1v) is 5.26. The van der Waals surface area contributed by atoms with Crippen molar-refractivity contribution < 1.29 is 9.59 Å². The van der Waals surface area contributed by atoms with E-state index < -0.39 is 11.7 Å². The summed E-state index contributed by atoms with van der Waals surface area (Å²) >= 11 is 5.71. The van der Waals surface area contributed by atoms with Gasteiger partial charge in [0.2, 0.25) is 0 Å². The standard InChI is InChI=1S/C12H10ClNO2/c1-8(13)6-7-14-10-5-3-2-4-9(10)11(15)12(14)16/h2-6H,7H2,1H3/b8-6+. The summed E-state index contributed by atoms with van der Waals surface area (Å²) < 4.78 is 0. The second-order valence-corrected chi connectivity index (χ2v) is 4.15. The Labute approximate surface area is 98.3 Å². The molecule has 0 fully saturated rings. The zero-order chi connectivity index (χ0) is 11.7. The molecule has 2 rings (SSSR count). The smallest absolute Gasteiger partial charge is 0.299 e. The SMILES string of the molecule is C/C(Cl)=C\CN1C(=O)C(=O)c2ccccc21. The number of carbonyl (C=O) groups is 2. The molecule has 0 spiro atoms. The molecule has 0 N–H and O–H groups in total. The molecule has 0 bridgehead atoms. The Balaban J connectivity index is 2.38. The minimum Gasteiger partial charge on any atom is -0.301 e. The van der Waals surface area contributed by atoms with Crippen LogP contribution in [-0.2, 0) is 4.79 Å². The summed E-state index contributed by atoms with van der Waals surface area (Å²) in [5.74, 6) is -0.938. The van der Waals surface area contributed by atoms with Gasteiger partial charge in [-0.25, -0.2) is 0 Å². The summed E-state index contributed by atoms with van der Waals surface area (Å²) in [6.07, 6.45) is 1.70. The highest BCUT2D eigenvalue weighted by Crippen LogP contribution is 2.28. The first-order chi connectivity index (χ1) is 7.61. The number of benzene rings is 1. The number of hydrogen-bond acceptors (Lipinski definition) is 2. The van der Waals surface area contributed by atoms with Crippen LogP contribution in [0.2, 0.25) is 0 Å². The Kier molecular flexibility index (Phi) is 2.79. The number of anilines is 1. The number of fused-ring (bicyclic) bond motifs is 1. The van der Waals surface area contributed by atoms with Gasteiger partial charge in [-0.3, -0.25) is 9.59 Å². The third-order valence-corrected chi connectivity index (χ3v) is 2.59. The molecule has 0 radical (unpaired) electrons. The molecule has 1 aliphatic heterocycles. The van der Waals surface area contributed by atoms with Crippen molar-refractivity contribution >= 4 is 29.0 Å². The first kappa shape index (κ1) is 10.9. The molecule has 1 aromatic carbocycles. The summed E-state index contributed by atoms with van der Waals surface area (Å²) in [7, 11) is 0. The minimum absolute atomic E-state index is 0.330. The first-order valence-electron chi connectivity index (χ1n) is 4.88. The van der Waals surface area contributed by atoms with Crippen molar-refractivity contribution in [3.8, 4) is 0 Å². The van der Waals surface area contributed by atoms with Gasteiger partial charge in [-0.1, -0.05) is 29.8 Å². The maximum absolute atomic E-state index is 11.7. The van der Waals surface area contributed by atoms with E-state index in [1.165, 1.54) is 4.90 Å². The van der Waals surface area contributed by atoms with Gasteiger partial charge in [0.25, 0.3) is 11.7 Å². The fraction of sp³-hybridized carbons (Fsp3) is 0.167. The quantitative estimate of drug-likeness (QED) is 0.738. The molecular weight excluding hydrogens is 226 g/mol. The van der Waals surface area contributed by atoms with Crippen LogP contribution in [0.1, 0.15) is 17.3 Å². The lowest BCUT2D eigenvalue weighted by Crippen LogP contribution is -2.29. The number of hydrogen-bond donors (Lipinski definition) is 0. The summed E-state index contributed by atoms with van der Waals surface area (Å²) in [5, 5.41) is 0.602. The number of para-hydroxylation sites is 1. The van der Waals surface area contributed by atoms with Crippen LogP contribution in [0.3, 0.4) is 0 Å². The average molecular weight is 236 g/mol. The van der Waals surface area contributed by atoms with Crippen molar-refractivity contribution in [2.24, 2.45) is 0 Å². The van der Waals surface area contributed by atoms with E-state index in [0.717, 1.165) is 0 Å². The van der Waals surface area contributed by atoms with E-state index in [9.17, 15) is 9.59 Å². The van der Waals surface area contributed by atoms with Crippen LogP contribution in [-0.4, -0.2) is 18.2 Å². The van der Waals surface area contributed by atoms with E-state index in [-0.39, 0.29) is 0 Å². The van der Waals surface area contributed by atoms with Crippen molar-refractivity contribution in [2.45, 2.75) is 6.92 Å². The van der Waals surface area contributed by atoms with E-state index in [0.29, 0.717) is 22.8 Å². The molecule has 1 aliphatic rings. The van der Waals surface area contributed by atoms with Crippen molar-refractivity contribution in [1.29, 1.82) is 0 Å². The van der Waals surface area contributed by atoms with Gasteiger partial charge < -0.3 is 4.90 Å². The Bertz CT molecular complexity index is 490. The van der Waals surface area contributed by atoms with E-state index in [1.54, 1.807) is 37.3 Å². The lowest BCUT2D eigenvalue weighted by atomic mass is 10.1. The van der Waals surface area contributed by atoms with Gasteiger partial charge in [0.1, 0.15) is 0 Å². The predicted molar refractivity (Wildman–Crippen MR) is 62.7 cm³/mol. The molecule has 0 saturated carbocycles. The molecular formula is C12H10ClNO2. The summed E-state index contributed by atoms with van der Waals surface area (Å²) in [4.78, 5) is 24.7. The Hall–Kier alpha value is -1.61. The second-order valence-electron chi connectivity index (χ2n) is 3.55. The van der Waals surface area contributed by atoms with Gasteiger partial charge in [-0.15, -0.1) is 0 Å². The van der Waals surface area contributed by atoms with Gasteiger partial charge in [0.05, 0.1) is 11.3 Å². The van der Waals surface area contributed by atoms with Gasteiger partial charge >= 0.3 is 0 Å². The number of Topliss-reactive ketones (excluding diaryl/α,β-unsaturated/α-hetero) is 1. The highest BCUT2D eigenvalue weighted by molar-refractivity contribution is 6.52. The molecule has 1 heterocycles. The number of carbonyl (C=O) groups excluding carboxylic acids is 2. The fourth-order valence-electron chi connectivity index (χ4n) is 1.65. The monoisotopic (exact) mass is 235 g/mol. The van der Waals surface area contributed by atoms with Crippen molar-refractivity contribution in [3.63, 3.8) is 0 Å². The zero-order valence-corrected chi connectivity index (χ0v) is 9.49.